The minimum Gasteiger partial charge on any atom is -0.310 e. The standard InChI is InChI=1S/C10H19N5S/c1-2-11-7-10-12-13-14-15(10)8-9-3-5-16-6-4-9/h9,11H,2-8H2,1H3. The minimum atomic E-state index is 0.755. The van der Waals surface area contributed by atoms with Gasteiger partial charge in [-0.1, -0.05) is 6.92 Å². The molecule has 0 saturated carbocycles. The van der Waals surface area contributed by atoms with E-state index in [1.807, 2.05) is 4.68 Å². The summed E-state index contributed by atoms with van der Waals surface area (Å²) in [6.45, 7) is 4.79. The van der Waals surface area contributed by atoms with Gasteiger partial charge in [0.15, 0.2) is 5.82 Å². The molecule has 0 atom stereocenters. The molecule has 5 nitrogen and oxygen atoms in total. The average molecular weight is 241 g/mol. The summed E-state index contributed by atoms with van der Waals surface area (Å²) in [4.78, 5) is 0. The number of aromatic nitrogens is 4. The van der Waals surface area contributed by atoms with E-state index in [-0.39, 0.29) is 0 Å². The Kier molecular flexibility index (Phi) is 4.59. The molecule has 90 valence electrons. The summed E-state index contributed by atoms with van der Waals surface area (Å²) in [6, 6.07) is 0. The molecule has 0 unspecified atom stereocenters. The highest BCUT2D eigenvalue weighted by Gasteiger charge is 2.16. The Morgan fingerprint density at radius 1 is 1.44 bits per heavy atom. The second-order valence-corrected chi connectivity index (χ2v) is 5.34. The van der Waals surface area contributed by atoms with E-state index in [9.17, 15) is 0 Å². The Bertz CT molecular complexity index is 308. The zero-order valence-corrected chi connectivity index (χ0v) is 10.5. The summed E-state index contributed by atoms with van der Waals surface area (Å²) in [5.74, 6) is 4.29. The van der Waals surface area contributed by atoms with Crippen molar-refractivity contribution in [2.75, 3.05) is 18.1 Å². The van der Waals surface area contributed by atoms with Gasteiger partial charge in [-0.3, -0.25) is 0 Å². The molecule has 2 heterocycles. The van der Waals surface area contributed by atoms with Crippen LogP contribution >= 0.6 is 11.8 Å². The molecule has 1 aliphatic rings. The molecule has 0 radical (unpaired) electrons. The molecule has 6 heteroatoms. The Morgan fingerprint density at radius 2 is 2.25 bits per heavy atom. The lowest BCUT2D eigenvalue weighted by molar-refractivity contribution is 0.378. The average Bonchev–Trinajstić information content (AvgIpc) is 2.75. The Morgan fingerprint density at radius 3 is 3.00 bits per heavy atom. The van der Waals surface area contributed by atoms with Crippen LogP contribution in [-0.2, 0) is 13.1 Å². The van der Waals surface area contributed by atoms with Gasteiger partial charge >= 0.3 is 0 Å². The number of hydrogen-bond acceptors (Lipinski definition) is 5. The van der Waals surface area contributed by atoms with E-state index in [1.165, 1.54) is 24.3 Å². The van der Waals surface area contributed by atoms with Crippen molar-refractivity contribution in [3.05, 3.63) is 5.82 Å². The largest absolute Gasteiger partial charge is 0.310 e. The summed E-state index contributed by atoms with van der Waals surface area (Å²) in [5.41, 5.74) is 0. The van der Waals surface area contributed by atoms with Crippen LogP contribution in [0.3, 0.4) is 0 Å². The van der Waals surface area contributed by atoms with E-state index in [1.54, 1.807) is 0 Å². The first-order chi connectivity index (χ1) is 7.90. The maximum atomic E-state index is 4.07. The highest BCUT2D eigenvalue weighted by atomic mass is 32.2. The van der Waals surface area contributed by atoms with Gasteiger partial charge in [-0.25, -0.2) is 4.68 Å². The van der Waals surface area contributed by atoms with Crippen molar-refractivity contribution in [2.24, 2.45) is 5.92 Å². The maximum Gasteiger partial charge on any atom is 0.165 e. The zero-order valence-electron chi connectivity index (χ0n) is 9.72. The highest BCUT2D eigenvalue weighted by molar-refractivity contribution is 7.99. The van der Waals surface area contributed by atoms with Crippen LogP contribution in [0, 0.1) is 5.92 Å². The maximum absolute atomic E-state index is 4.07. The van der Waals surface area contributed by atoms with Crippen LogP contribution in [0.2, 0.25) is 0 Å². The molecular weight excluding hydrogens is 222 g/mol. The van der Waals surface area contributed by atoms with Crippen LogP contribution in [0.15, 0.2) is 0 Å². The molecule has 1 fully saturated rings. The minimum absolute atomic E-state index is 0.755. The molecule has 0 spiro atoms. The van der Waals surface area contributed by atoms with Crippen molar-refractivity contribution in [3.63, 3.8) is 0 Å². The third-order valence-electron chi connectivity index (χ3n) is 2.91. The van der Waals surface area contributed by atoms with Crippen molar-refractivity contribution >= 4 is 11.8 Å². The first kappa shape index (κ1) is 11.9. The van der Waals surface area contributed by atoms with Gasteiger partial charge in [0.25, 0.3) is 0 Å². The smallest absolute Gasteiger partial charge is 0.165 e. The van der Waals surface area contributed by atoms with Crippen LogP contribution in [0.5, 0.6) is 0 Å². The van der Waals surface area contributed by atoms with Crippen molar-refractivity contribution < 1.29 is 0 Å². The van der Waals surface area contributed by atoms with Gasteiger partial charge in [0, 0.05) is 6.54 Å². The molecule has 1 aliphatic heterocycles. The van der Waals surface area contributed by atoms with Gasteiger partial charge in [0.05, 0.1) is 6.54 Å². The molecular formula is C10H19N5S. The first-order valence-corrected chi connectivity index (χ1v) is 7.09. The van der Waals surface area contributed by atoms with Gasteiger partial charge in [0.2, 0.25) is 0 Å². The normalized spacial score (nSPS) is 17.8. The van der Waals surface area contributed by atoms with Gasteiger partial charge < -0.3 is 5.32 Å². The van der Waals surface area contributed by atoms with E-state index in [4.69, 9.17) is 0 Å². The van der Waals surface area contributed by atoms with Gasteiger partial charge in [-0.2, -0.15) is 11.8 Å². The Hall–Kier alpha value is -0.620. The van der Waals surface area contributed by atoms with Crippen molar-refractivity contribution in [2.45, 2.75) is 32.9 Å². The van der Waals surface area contributed by atoms with E-state index < -0.39 is 0 Å². The summed E-state index contributed by atoms with van der Waals surface area (Å²) in [6.07, 6.45) is 2.59. The Labute approximate surface area is 100 Å². The topological polar surface area (TPSA) is 55.6 Å². The SMILES string of the molecule is CCNCc1nnnn1CC1CCSCC1. The van der Waals surface area contributed by atoms with Gasteiger partial charge in [0.1, 0.15) is 0 Å². The quantitative estimate of drug-likeness (QED) is 0.831. The fraction of sp³-hybridized carbons (Fsp3) is 0.900. The lowest BCUT2D eigenvalue weighted by Crippen LogP contribution is -2.22. The summed E-state index contributed by atoms with van der Waals surface area (Å²) in [5, 5.41) is 15.1. The third-order valence-corrected chi connectivity index (χ3v) is 3.96. The fourth-order valence-electron chi connectivity index (χ4n) is 1.90. The molecule has 0 aliphatic carbocycles. The molecule has 1 saturated heterocycles. The van der Waals surface area contributed by atoms with Crippen molar-refractivity contribution in [1.29, 1.82) is 0 Å². The van der Waals surface area contributed by atoms with Gasteiger partial charge in [-0.05, 0) is 47.2 Å². The Balaban J connectivity index is 1.89. The van der Waals surface area contributed by atoms with Crippen molar-refractivity contribution in [3.8, 4) is 0 Å². The predicted molar refractivity (Wildman–Crippen MR) is 65.2 cm³/mol. The lowest BCUT2D eigenvalue weighted by atomic mass is 10.0. The van der Waals surface area contributed by atoms with Gasteiger partial charge in [-0.15, -0.1) is 5.10 Å². The third kappa shape index (κ3) is 3.18. The van der Waals surface area contributed by atoms with Crippen LogP contribution in [-0.4, -0.2) is 38.3 Å². The molecule has 1 aromatic heterocycles. The van der Waals surface area contributed by atoms with E-state index >= 15 is 0 Å². The van der Waals surface area contributed by atoms with Crippen molar-refractivity contribution in [1.82, 2.24) is 25.5 Å². The van der Waals surface area contributed by atoms with Crippen LogP contribution in [0.25, 0.3) is 0 Å². The second kappa shape index (κ2) is 6.20. The number of nitrogens with zero attached hydrogens (tertiary/aromatic N) is 4. The molecule has 0 aromatic carbocycles. The first-order valence-electron chi connectivity index (χ1n) is 5.93. The summed E-state index contributed by atoms with van der Waals surface area (Å²) < 4.78 is 1.96. The summed E-state index contributed by atoms with van der Waals surface area (Å²) >= 11 is 2.06. The monoisotopic (exact) mass is 241 g/mol. The zero-order chi connectivity index (χ0) is 11.2. The number of thioether (sulfide) groups is 1. The molecule has 16 heavy (non-hydrogen) atoms. The van der Waals surface area contributed by atoms with E-state index in [0.29, 0.717) is 0 Å². The summed E-state index contributed by atoms with van der Waals surface area (Å²) in [7, 11) is 0. The molecule has 0 amide bonds. The van der Waals surface area contributed by atoms with Crippen LogP contribution in [0.1, 0.15) is 25.6 Å². The number of hydrogen-bond donors (Lipinski definition) is 1. The molecule has 2 rings (SSSR count). The number of nitrogens with one attached hydrogen (secondary N) is 1. The second-order valence-electron chi connectivity index (χ2n) is 4.11. The predicted octanol–water partition coefficient (Wildman–Crippen LogP) is 0.926. The van der Waals surface area contributed by atoms with E-state index in [2.05, 4.69) is 39.5 Å². The lowest BCUT2D eigenvalue weighted by Gasteiger charge is -2.21. The van der Waals surface area contributed by atoms with E-state index in [0.717, 1.165) is 31.4 Å². The fourth-order valence-corrected chi connectivity index (χ4v) is 3.11. The highest BCUT2D eigenvalue weighted by Crippen LogP contribution is 2.23. The van der Waals surface area contributed by atoms with Crippen LogP contribution in [0.4, 0.5) is 0 Å². The molecule has 1 N–H and O–H groups in total. The number of tetrazole rings is 1. The number of rotatable bonds is 5. The molecule has 0 bridgehead atoms. The van der Waals surface area contributed by atoms with Crippen LogP contribution < -0.4 is 5.32 Å². The molecule has 1 aromatic rings.